The number of amides is 3. The van der Waals surface area contributed by atoms with Crippen molar-refractivity contribution >= 4 is 17.6 Å². The van der Waals surface area contributed by atoms with E-state index in [1.165, 1.54) is 12.1 Å². The van der Waals surface area contributed by atoms with E-state index < -0.39 is 11.5 Å². The number of likely N-dealkylation sites (tertiary alicyclic amines) is 1. The highest BCUT2D eigenvalue weighted by molar-refractivity contribution is 5.89. The summed E-state index contributed by atoms with van der Waals surface area (Å²) in [5, 5.41) is 6.45. The minimum atomic E-state index is -0.503. The highest BCUT2D eigenvalue weighted by atomic mass is 19.1. The van der Waals surface area contributed by atoms with E-state index in [9.17, 15) is 14.0 Å². The highest BCUT2D eigenvalue weighted by Crippen LogP contribution is 2.36. The Hall–Kier alpha value is -3.33. The molecule has 0 radical (unpaired) electrons. The molecular weight excluding hydrogens is 475 g/mol. The third-order valence-corrected chi connectivity index (χ3v) is 7.71. The van der Waals surface area contributed by atoms with Crippen molar-refractivity contribution in [3.8, 4) is 11.5 Å². The van der Waals surface area contributed by atoms with Gasteiger partial charge in [0.05, 0.1) is 25.9 Å². The summed E-state index contributed by atoms with van der Waals surface area (Å²) in [6.07, 6.45) is 2.81. The summed E-state index contributed by atoms with van der Waals surface area (Å²) < 4.78 is 24.3. The number of methoxy groups -OCH3 is 2. The normalized spacial score (nSPS) is 19.7. The van der Waals surface area contributed by atoms with Crippen molar-refractivity contribution in [2.24, 2.45) is 5.92 Å². The van der Waals surface area contributed by atoms with E-state index in [4.69, 9.17) is 9.47 Å². The average molecular weight is 513 g/mol. The van der Waals surface area contributed by atoms with Gasteiger partial charge in [0.25, 0.3) is 0 Å². The molecule has 3 amide bonds. The van der Waals surface area contributed by atoms with Gasteiger partial charge in [0.1, 0.15) is 5.82 Å². The van der Waals surface area contributed by atoms with Crippen LogP contribution in [0.5, 0.6) is 11.5 Å². The molecule has 0 aliphatic carbocycles. The first-order valence-corrected chi connectivity index (χ1v) is 12.9. The Balaban J connectivity index is 1.47. The van der Waals surface area contributed by atoms with E-state index in [1.54, 1.807) is 31.3 Å². The van der Waals surface area contributed by atoms with Crippen molar-refractivity contribution in [3.63, 3.8) is 0 Å². The number of nitrogens with zero attached hydrogens (tertiary/aromatic N) is 2. The lowest BCUT2D eigenvalue weighted by Gasteiger charge is -2.44. The van der Waals surface area contributed by atoms with Crippen LogP contribution in [0.4, 0.5) is 14.9 Å². The zero-order valence-corrected chi connectivity index (χ0v) is 22.1. The molecule has 2 aliphatic heterocycles. The zero-order valence-electron chi connectivity index (χ0n) is 22.1. The molecule has 2 unspecified atom stereocenters. The van der Waals surface area contributed by atoms with E-state index in [1.807, 2.05) is 23.1 Å². The first-order valence-electron chi connectivity index (χ1n) is 12.9. The molecule has 2 aromatic carbocycles. The number of urea groups is 1. The van der Waals surface area contributed by atoms with Crippen LogP contribution in [0.1, 0.15) is 38.7 Å². The third kappa shape index (κ3) is 5.66. The maximum atomic E-state index is 13.6. The molecule has 2 N–H and O–H groups in total. The molecule has 2 aliphatic rings. The second kappa shape index (κ2) is 11.4. The van der Waals surface area contributed by atoms with E-state index in [-0.39, 0.29) is 23.9 Å². The van der Waals surface area contributed by atoms with E-state index in [0.717, 1.165) is 12.0 Å². The molecule has 0 bridgehead atoms. The van der Waals surface area contributed by atoms with Crippen molar-refractivity contribution in [3.05, 3.63) is 53.8 Å². The van der Waals surface area contributed by atoms with Gasteiger partial charge in [-0.2, -0.15) is 0 Å². The summed E-state index contributed by atoms with van der Waals surface area (Å²) in [7, 11) is 3.22. The fourth-order valence-corrected chi connectivity index (χ4v) is 5.29. The van der Waals surface area contributed by atoms with Crippen LogP contribution in [0.25, 0.3) is 0 Å². The highest BCUT2D eigenvalue weighted by Gasteiger charge is 2.52. The van der Waals surface area contributed by atoms with Crippen LogP contribution in [0.3, 0.4) is 0 Å². The van der Waals surface area contributed by atoms with Crippen LogP contribution in [0.15, 0.2) is 42.5 Å². The molecule has 2 aromatic rings. The topological polar surface area (TPSA) is 83.1 Å². The van der Waals surface area contributed by atoms with Crippen molar-refractivity contribution in [1.29, 1.82) is 0 Å². The summed E-state index contributed by atoms with van der Waals surface area (Å²) in [4.78, 5) is 30.2. The maximum Gasteiger partial charge on any atom is 0.321 e. The van der Waals surface area contributed by atoms with E-state index >= 15 is 0 Å². The lowest BCUT2D eigenvalue weighted by molar-refractivity contribution is -0.133. The molecule has 0 saturated carbocycles. The Morgan fingerprint density at radius 2 is 1.89 bits per heavy atom. The van der Waals surface area contributed by atoms with E-state index in [0.29, 0.717) is 56.1 Å². The molecule has 2 fully saturated rings. The Morgan fingerprint density at radius 1 is 1.16 bits per heavy atom. The van der Waals surface area contributed by atoms with Gasteiger partial charge in [-0.1, -0.05) is 32.4 Å². The van der Waals surface area contributed by atoms with Gasteiger partial charge >= 0.3 is 6.03 Å². The first kappa shape index (κ1) is 26.7. The number of nitrogens with one attached hydrogen (secondary N) is 2. The van der Waals surface area contributed by atoms with Gasteiger partial charge in [-0.15, -0.1) is 0 Å². The van der Waals surface area contributed by atoms with Crippen LogP contribution in [-0.4, -0.2) is 67.3 Å². The van der Waals surface area contributed by atoms with Crippen molar-refractivity contribution in [1.82, 2.24) is 15.1 Å². The number of carbonyl (C=O) groups is 2. The van der Waals surface area contributed by atoms with Crippen molar-refractivity contribution in [2.75, 3.05) is 39.2 Å². The number of benzene rings is 2. The van der Waals surface area contributed by atoms with Crippen LogP contribution in [0.2, 0.25) is 0 Å². The van der Waals surface area contributed by atoms with Gasteiger partial charge in [-0.25, -0.2) is 9.18 Å². The Kier molecular flexibility index (Phi) is 8.22. The SMILES string of the molecule is CCC(C)C1NC2(CCN(C(=O)Nc3cccc(F)c3)CC2)N(CCc2ccc(OC)c(OC)c2)C1=O. The van der Waals surface area contributed by atoms with E-state index in [2.05, 4.69) is 24.5 Å². The number of hydrogen-bond donors (Lipinski definition) is 2. The Bertz CT molecular complexity index is 1120. The molecule has 37 heavy (non-hydrogen) atoms. The molecule has 1 spiro atoms. The number of ether oxygens (including phenoxy) is 2. The van der Waals surface area contributed by atoms with Crippen molar-refractivity contribution < 1.29 is 23.5 Å². The summed E-state index contributed by atoms with van der Waals surface area (Å²) in [5.74, 6) is 1.25. The first-order chi connectivity index (χ1) is 17.8. The Morgan fingerprint density at radius 3 is 2.54 bits per heavy atom. The summed E-state index contributed by atoms with van der Waals surface area (Å²) in [6, 6.07) is 11.2. The molecule has 2 heterocycles. The summed E-state index contributed by atoms with van der Waals surface area (Å²) in [6.45, 7) is 5.73. The molecule has 2 saturated heterocycles. The van der Waals surface area contributed by atoms with Crippen LogP contribution in [0, 0.1) is 11.7 Å². The minimum Gasteiger partial charge on any atom is -0.493 e. The number of anilines is 1. The number of hydrogen-bond acceptors (Lipinski definition) is 5. The number of halogens is 1. The standard InChI is InChI=1S/C28H37FN4O4/c1-5-19(2)25-26(34)33(14-11-20-9-10-23(36-3)24(17-20)37-4)28(31-25)12-15-32(16-13-28)27(35)30-22-8-6-7-21(29)18-22/h6-10,17-19,25,31H,5,11-16H2,1-4H3,(H,30,35). The lowest BCUT2D eigenvalue weighted by Crippen LogP contribution is -2.60. The number of carbonyl (C=O) groups excluding carboxylic acids is 2. The number of piperidine rings is 1. The van der Waals surface area contributed by atoms with Crippen LogP contribution in [-0.2, 0) is 11.2 Å². The quantitative estimate of drug-likeness (QED) is 0.553. The molecule has 9 heteroatoms. The second-order valence-electron chi connectivity index (χ2n) is 9.90. The largest absolute Gasteiger partial charge is 0.493 e. The summed E-state index contributed by atoms with van der Waals surface area (Å²) >= 11 is 0. The summed E-state index contributed by atoms with van der Waals surface area (Å²) in [5.41, 5.74) is 0.976. The predicted octanol–water partition coefficient (Wildman–Crippen LogP) is 4.26. The van der Waals surface area contributed by atoms with Crippen LogP contribution < -0.4 is 20.1 Å². The fraction of sp³-hybridized carbons (Fsp3) is 0.500. The van der Waals surface area contributed by atoms with Crippen molar-refractivity contribution in [2.45, 2.75) is 51.2 Å². The predicted molar refractivity (Wildman–Crippen MR) is 140 cm³/mol. The molecule has 2 atom stereocenters. The smallest absolute Gasteiger partial charge is 0.321 e. The monoisotopic (exact) mass is 512 g/mol. The minimum absolute atomic E-state index is 0.118. The molecule has 4 rings (SSSR count). The van der Waals surface area contributed by atoms with Gasteiger partial charge in [0.2, 0.25) is 5.91 Å². The molecule has 8 nitrogen and oxygen atoms in total. The molecule has 200 valence electrons. The number of rotatable bonds is 8. The van der Waals surface area contributed by atoms with Gasteiger partial charge in [-0.05, 0) is 48.2 Å². The van der Waals surface area contributed by atoms with Gasteiger partial charge in [0.15, 0.2) is 11.5 Å². The van der Waals surface area contributed by atoms with Gasteiger partial charge in [0, 0.05) is 38.2 Å². The maximum absolute atomic E-state index is 13.6. The molecule has 0 aromatic heterocycles. The zero-order chi connectivity index (χ0) is 26.6. The van der Waals surface area contributed by atoms with Gasteiger partial charge < -0.3 is 24.6 Å². The average Bonchev–Trinajstić information content (AvgIpc) is 3.17. The van der Waals surface area contributed by atoms with Crippen LogP contribution >= 0.6 is 0 Å². The lowest BCUT2D eigenvalue weighted by atomic mass is 9.95. The molecular formula is C28H37FN4O4. The fourth-order valence-electron chi connectivity index (χ4n) is 5.29. The Labute approximate surface area is 218 Å². The third-order valence-electron chi connectivity index (χ3n) is 7.71. The van der Waals surface area contributed by atoms with Gasteiger partial charge in [-0.3, -0.25) is 10.1 Å². The second-order valence-corrected chi connectivity index (χ2v) is 9.90.